The molecule has 0 spiro atoms. The molecule has 0 aromatic heterocycles. The van der Waals surface area contributed by atoms with Gasteiger partial charge in [0.1, 0.15) is 5.82 Å². The Labute approximate surface area is 135 Å². The Bertz CT molecular complexity index is 781. The summed E-state index contributed by atoms with van der Waals surface area (Å²) in [6.07, 6.45) is 0. The quantitative estimate of drug-likeness (QED) is 0.600. The van der Waals surface area contributed by atoms with Crippen molar-refractivity contribution < 1.29 is 4.39 Å². The number of anilines is 1. The predicted octanol–water partition coefficient (Wildman–Crippen LogP) is 6.01. The Kier molecular flexibility index (Phi) is 4.13. The second-order valence-corrected chi connectivity index (χ2v) is 6.04. The summed E-state index contributed by atoms with van der Waals surface area (Å²) in [6.45, 7) is 0.620. The van der Waals surface area contributed by atoms with Crippen LogP contribution in [0.25, 0.3) is 10.8 Å². The molecule has 0 amide bonds. The number of benzene rings is 3. The molecule has 0 heterocycles. The lowest BCUT2D eigenvalue weighted by Crippen LogP contribution is -2.01. The van der Waals surface area contributed by atoms with E-state index in [1.165, 1.54) is 22.9 Å². The molecule has 0 saturated heterocycles. The molecule has 1 nitrogen and oxygen atoms in total. The lowest BCUT2D eigenvalue weighted by Gasteiger charge is -2.11. The van der Waals surface area contributed by atoms with Crippen LogP contribution >= 0.6 is 27.5 Å². The van der Waals surface area contributed by atoms with Crippen molar-refractivity contribution >= 4 is 44.0 Å². The van der Waals surface area contributed by atoms with Gasteiger partial charge in [0.15, 0.2) is 0 Å². The highest BCUT2D eigenvalue weighted by Gasteiger charge is 2.08. The third kappa shape index (κ3) is 3.20. The maximum atomic E-state index is 13.2. The van der Waals surface area contributed by atoms with Crippen LogP contribution in [-0.4, -0.2) is 0 Å². The van der Waals surface area contributed by atoms with E-state index in [1.54, 1.807) is 0 Å². The summed E-state index contributed by atoms with van der Waals surface area (Å²) in [6, 6.07) is 17.2. The van der Waals surface area contributed by atoms with E-state index in [0.717, 1.165) is 5.56 Å². The number of fused-ring (bicyclic) bond motifs is 1. The zero-order valence-electron chi connectivity index (χ0n) is 11.0. The molecule has 3 aromatic rings. The van der Waals surface area contributed by atoms with Gasteiger partial charge < -0.3 is 5.32 Å². The van der Waals surface area contributed by atoms with Crippen molar-refractivity contribution in [3.05, 3.63) is 75.5 Å². The van der Waals surface area contributed by atoms with Crippen LogP contribution in [0.3, 0.4) is 0 Å². The Hall–Kier alpha value is -1.58. The lowest BCUT2D eigenvalue weighted by molar-refractivity contribution is 0.627. The summed E-state index contributed by atoms with van der Waals surface area (Å²) in [7, 11) is 0. The van der Waals surface area contributed by atoms with Gasteiger partial charge in [-0.1, -0.05) is 48.0 Å². The minimum absolute atomic E-state index is 0.358. The van der Waals surface area contributed by atoms with E-state index < -0.39 is 0 Å². The molecule has 21 heavy (non-hydrogen) atoms. The Morgan fingerprint density at radius 1 is 1.00 bits per heavy atom. The number of hydrogen-bond acceptors (Lipinski definition) is 1. The van der Waals surface area contributed by atoms with Crippen LogP contribution in [0.2, 0.25) is 5.02 Å². The second kappa shape index (κ2) is 6.04. The van der Waals surface area contributed by atoms with Crippen molar-refractivity contribution in [3.63, 3.8) is 0 Å². The molecule has 106 valence electrons. The first kappa shape index (κ1) is 14.4. The van der Waals surface area contributed by atoms with E-state index in [-0.39, 0.29) is 5.82 Å². The fraction of sp³-hybridized carbons (Fsp3) is 0.0588. The van der Waals surface area contributed by atoms with E-state index in [4.69, 9.17) is 11.6 Å². The first-order valence-corrected chi connectivity index (χ1v) is 7.67. The van der Waals surface area contributed by atoms with Gasteiger partial charge in [0.05, 0.1) is 10.7 Å². The molecule has 0 aliphatic heterocycles. The number of hydrogen-bond donors (Lipinski definition) is 1. The zero-order valence-corrected chi connectivity index (χ0v) is 13.4. The molecule has 0 saturated carbocycles. The van der Waals surface area contributed by atoms with Crippen LogP contribution in [0.5, 0.6) is 0 Å². The molecule has 0 atom stereocenters. The fourth-order valence-electron chi connectivity index (χ4n) is 2.25. The summed E-state index contributed by atoms with van der Waals surface area (Å²) in [4.78, 5) is 0. The molecule has 0 radical (unpaired) electrons. The van der Waals surface area contributed by atoms with E-state index in [9.17, 15) is 4.39 Å². The van der Waals surface area contributed by atoms with Gasteiger partial charge in [-0.3, -0.25) is 0 Å². The van der Waals surface area contributed by atoms with Crippen molar-refractivity contribution in [2.75, 3.05) is 5.32 Å². The molecule has 3 rings (SSSR count). The highest BCUT2D eigenvalue weighted by Crippen LogP contribution is 2.32. The van der Waals surface area contributed by atoms with Gasteiger partial charge in [-0.25, -0.2) is 4.39 Å². The topological polar surface area (TPSA) is 12.0 Å². The van der Waals surface area contributed by atoms with E-state index in [0.29, 0.717) is 21.7 Å². The summed E-state index contributed by atoms with van der Waals surface area (Å²) in [5.41, 5.74) is 1.84. The first-order chi connectivity index (χ1) is 10.1. The van der Waals surface area contributed by atoms with Crippen molar-refractivity contribution in [1.82, 2.24) is 0 Å². The highest BCUT2D eigenvalue weighted by atomic mass is 79.9. The number of rotatable bonds is 3. The third-order valence-electron chi connectivity index (χ3n) is 3.29. The highest BCUT2D eigenvalue weighted by molar-refractivity contribution is 9.10. The molecule has 0 aliphatic rings. The smallest absolute Gasteiger partial charge is 0.125 e. The van der Waals surface area contributed by atoms with E-state index >= 15 is 0 Å². The maximum absolute atomic E-state index is 13.2. The lowest BCUT2D eigenvalue weighted by atomic mass is 10.1. The summed E-state index contributed by atoms with van der Waals surface area (Å²) in [5.74, 6) is -0.358. The van der Waals surface area contributed by atoms with Gasteiger partial charge in [0.2, 0.25) is 0 Å². The van der Waals surface area contributed by atoms with Gasteiger partial charge in [-0.2, -0.15) is 0 Å². The molecular weight excluding hydrogens is 353 g/mol. The van der Waals surface area contributed by atoms with Crippen molar-refractivity contribution in [3.8, 4) is 0 Å². The van der Waals surface area contributed by atoms with Gasteiger partial charge in [0, 0.05) is 11.0 Å². The average Bonchev–Trinajstić information content (AvgIpc) is 2.46. The van der Waals surface area contributed by atoms with Crippen LogP contribution in [-0.2, 0) is 6.54 Å². The molecule has 3 aromatic carbocycles. The van der Waals surface area contributed by atoms with E-state index in [1.807, 2.05) is 12.1 Å². The minimum atomic E-state index is -0.358. The SMILES string of the molecule is Fc1cc(Cl)c(NCc2ccc3ccccc3c2)c(Br)c1. The van der Waals surface area contributed by atoms with Crippen molar-refractivity contribution in [2.24, 2.45) is 0 Å². The monoisotopic (exact) mass is 363 g/mol. The molecule has 4 heteroatoms. The summed E-state index contributed by atoms with van der Waals surface area (Å²) >= 11 is 9.39. The predicted molar refractivity (Wildman–Crippen MR) is 90.4 cm³/mol. The Morgan fingerprint density at radius 2 is 1.76 bits per heavy atom. The number of halogens is 3. The average molecular weight is 365 g/mol. The molecular formula is C17H12BrClFN. The zero-order chi connectivity index (χ0) is 14.8. The van der Waals surface area contributed by atoms with Crippen molar-refractivity contribution in [1.29, 1.82) is 0 Å². The summed E-state index contributed by atoms with van der Waals surface area (Å²) < 4.78 is 13.8. The maximum Gasteiger partial charge on any atom is 0.125 e. The molecule has 0 fully saturated rings. The van der Waals surface area contributed by atoms with Crippen LogP contribution in [0, 0.1) is 5.82 Å². The molecule has 0 bridgehead atoms. The molecule has 0 unspecified atom stereocenters. The van der Waals surface area contributed by atoms with Crippen molar-refractivity contribution in [2.45, 2.75) is 6.54 Å². The van der Waals surface area contributed by atoms with Crippen LogP contribution in [0.15, 0.2) is 59.1 Å². The second-order valence-electron chi connectivity index (χ2n) is 4.78. The molecule has 0 aliphatic carbocycles. The largest absolute Gasteiger partial charge is 0.379 e. The summed E-state index contributed by atoms with van der Waals surface area (Å²) in [5, 5.41) is 6.01. The first-order valence-electron chi connectivity index (χ1n) is 6.49. The standard InChI is InChI=1S/C17H12BrClFN/c18-15-8-14(20)9-16(19)17(15)21-10-11-5-6-12-3-1-2-4-13(12)7-11/h1-9,21H,10H2. The van der Waals surface area contributed by atoms with Crippen LogP contribution in [0.4, 0.5) is 10.1 Å². The minimum Gasteiger partial charge on any atom is -0.379 e. The Morgan fingerprint density at radius 3 is 2.52 bits per heavy atom. The van der Waals surface area contributed by atoms with Crippen LogP contribution < -0.4 is 5.32 Å². The van der Waals surface area contributed by atoms with Gasteiger partial charge in [0.25, 0.3) is 0 Å². The third-order valence-corrected chi connectivity index (χ3v) is 4.21. The normalized spacial score (nSPS) is 10.8. The van der Waals surface area contributed by atoms with Gasteiger partial charge in [-0.05, 0) is 50.5 Å². The van der Waals surface area contributed by atoms with Gasteiger partial charge >= 0.3 is 0 Å². The van der Waals surface area contributed by atoms with E-state index in [2.05, 4.69) is 51.6 Å². The Balaban J connectivity index is 1.83. The number of nitrogens with one attached hydrogen (secondary N) is 1. The van der Waals surface area contributed by atoms with Gasteiger partial charge in [-0.15, -0.1) is 0 Å². The molecule has 1 N–H and O–H groups in total. The fourth-order valence-corrected chi connectivity index (χ4v) is 3.21. The van der Waals surface area contributed by atoms with Crippen LogP contribution in [0.1, 0.15) is 5.56 Å².